The first-order chi connectivity index (χ1) is 23.3. The summed E-state index contributed by atoms with van der Waals surface area (Å²) < 4.78 is 2.35. The minimum Gasteiger partial charge on any atom is -0.398 e. The Kier molecular flexibility index (Phi) is 10.6. The van der Waals surface area contributed by atoms with Crippen molar-refractivity contribution in [2.24, 2.45) is 5.73 Å². The molecular weight excluding hydrogens is 581 g/mol. The second-order valence-corrected chi connectivity index (χ2v) is 11.8. The van der Waals surface area contributed by atoms with Crippen molar-refractivity contribution in [3.05, 3.63) is 198 Å². The monoisotopic (exact) mass is 624 g/mol. The molecule has 1 aromatic heterocycles. The van der Waals surface area contributed by atoms with Gasteiger partial charge in [-0.15, -0.1) is 0 Å². The quantitative estimate of drug-likeness (QED) is 0.146. The molecule has 2 nitrogen and oxygen atoms in total. The third kappa shape index (κ3) is 6.94. The van der Waals surface area contributed by atoms with Gasteiger partial charge in [0, 0.05) is 16.9 Å². The fourth-order valence-corrected chi connectivity index (χ4v) is 6.10. The molecule has 238 valence electrons. The maximum Gasteiger partial charge on any atom is 0.0572 e. The molecule has 0 aliphatic rings. The van der Waals surface area contributed by atoms with Crippen LogP contribution in [0.5, 0.6) is 0 Å². The highest BCUT2D eigenvalue weighted by Gasteiger charge is 2.21. The van der Waals surface area contributed by atoms with Crippen molar-refractivity contribution >= 4 is 23.4 Å². The van der Waals surface area contributed by atoms with E-state index in [0.29, 0.717) is 5.70 Å². The maximum atomic E-state index is 6.60. The van der Waals surface area contributed by atoms with Gasteiger partial charge in [0.05, 0.1) is 11.4 Å². The summed E-state index contributed by atoms with van der Waals surface area (Å²) in [6.07, 6.45) is 14.0. The Balaban J connectivity index is 1.64. The Bertz CT molecular complexity index is 2080. The first-order valence-corrected chi connectivity index (χ1v) is 16.3. The number of hydrogen-bond donors (Lipinski definition) is 1. The Labute approximate surface area is 286 Å². The van der Waals surface area contributed by atoms with E-state index in [1.165, 1.54) is 22.3 Å². The molecule has 0 unspecified atom stereocenters. The van der Waals surface area contributed by atoms with E-state index in [1.54, 1.807) is 0 Å². The molecule has 0 radical (unpaired) electrons. The summed E-state index contributed by atoms with van der Waals surface area (Å²) in [4.78, 5) is 0. The molecule has 5 rings (SSSR count). The van der Waals surface area contributed by atoms with Crippen LogP contribution >= 0.6 is 0 Å². The van der Waals surface area contributed by atoms with Crippen LogP contribution in [-0.2, 0) is 0 Å². The van der Waals surface area contributed by atoms with E-state index in [0.717, 1.165) is 56.0 Å². The lowest BCUT2D eigenvalue weighted by molar-refractivity contribution is 1.06. The van der Waals surface area contributed by atoms with Gasteiger partial charge in [0.1, 0.15) is 0 Å². The first kappa shape index (κ1) is 33.5. The highest BCUT2D eigenvalue weighted by atomic mass is 15.0. The fourth-order valence-electron chi connectivity index (χ4n) is 6.10. The zero-order valence-corrected chi connectivity index (χ0v) is 28.5. The fraction of sp³-hybridized carbons (Fsp3) is 0.0870. The summed E-state index contributed by atoms with van der Waals surface area (Å²) in [5, 5.41) is 0. The third-order valence-electron chi connectivity index (χ3n) is 8.98. The Hall–Kier alpha value is -5.86. The van der Waals surface area contributed by atoms with Gasteiger partial charge < -0.3 is 10.3 Å². The predicted molar refractivity (Wildman–Crippen MR) is 211 cm³/mol. The van der Waals surface area contributed by atoms with Gasteiger partial charge in [-0.1, -0.05) is 135 Å². The molecule has 4 aromatic carbocycles. The average Bonchev–Trinajstić information content (AvgIpc) is 3.38. The van der Waals surface area contributed by atoms with Gasteiger partial charge in [-0.05, 0) is 114 Å². The van der Waals surface area contributed by atoms with Crippen molar-refractivity contribution in [2.45, 2.75) is 27.7 Å². The zero-order valence-electron chi connectivity index (χ0n) is 28.5. The van der Waals surface area contributed by atoms with E-state index in [4.69, 9.17) is 5.73 Å². The lowest BCUT2D eigenvalue weighted by atomic mass is 9.96. The number of allylic oxidation sites excluding steroid dienone is 8. The van der Waals surface area contributed by atoms with Crippen LogP contribution in [0.25, 0.3) is 51.5 Å². The second-order valence-electron chi connectivity index (χ2n) is 11.8. The number of aromatic nitrogens is 1. The molecule has 48 heavy (non-hydrogen) atoms. The minimum atomic E-state index is 0.687. The normalized spacial score (nSPS) is 12.6. The van der Waals surface area contributed by atoms with Gasteiger partial charge in [0.25, 0.3) is 0 Å². The topological polar surface area (TPSA) is 30.9 Å². The Morgan fingerprint density at radius 1 is 0.708 bits per heavy atom. The SMILES string of the molecule is C=CC(=C\C)/C(C)=C/C=C(\N)c1ccc(-c2c(C)c(C)c(/C=C(\C=C)c3ccc(-c4ccccc4)cc3)n2-c2ccccc2)c(C=C)c1. The Morgan fingerprint density at radius 3 is 1.94 bits per heavy atom. The van der Waals surface area contributed by atoms with Crippen LogP contribution in [-0.4, -0.2) is 4.57 Å². The van der Waals surface area contributed by atoms with Crippen molar-refractivity contribution in [1.29, 1.82) is 0 Å². The van der Waals surface area contributed by atoms with Crippen LogP contribution in [0.1, 0.15) is 47.4 Å². The van der Waals surface area contributed by atoms with Crippen LogP contribution in [0.2, 0.25) is 0 Å². The molecular formula is C46H44N2. The molecule has 0 fully saturated rings. The second kappa shape index (κ2) is 15.2. The zero-order chi connectivity index (χ0) is 34.2. The van der Waals surface area contributed by atoms with Gasteiger partial charge in [-0.25, -0.2) is 0 Å². The van der Waals surface area contributed by atoms with E-state index >= 15 is 0 Å². The molecule has 2 heteroatoms. The molecule has 1 heterocycles. The number of benzene rings is 4. The van der Waals surface area contributed by atoms with Crippen LogP contribution < -0.4 is 5.73 Å². The summed E-state index contributed by atoms with van der Waals surface area (Å²) in [5.41, 5.74) is 22.8. The van der Waals surface area contributed by atoms with E-state index in [9.17, 15) is 0 Å². The largest absolute Gasteiger partial charge is 0.398 e. The molecule has 0 aliphatic heterocycles. The highest BCUT2D eigenvalue weighted by molar-refractivity contribution is 5.90. The van der Waals surface area contributed by atoms with Gasteiger partial charge in [-0.3, -0.25) is 0 Å². The lowest BCUT2D eigenvalue weighted by Crippen LogP contribution is -2.02. The van der Waals surface area contributed by atoms with Crippen molar-refractivity contribution in [1.82, 2.24) is 4.57 Å². The molecule has 0 saturated heterocycles. The van der Waals surface area contributed by atoms with Gasteiger partial charge in [0.2, 0.25) is 0 Å². The highest BCUT2D eigenvalue weighted by Crippen LogP contribution is 2.38. The van der Waals surface area contributed by atoms with Crippen molar-refractivity contribution < 1.29 is 0 Å². The molecule has 0 saturated carbocycles. The molecule has 5 aromatic rings. The number of nitrogens with two attached hydrogens (primary N) is 1. The van der Waals surface area contributed by atoms with E-state index in [2.05, 4.69) is 148 Å². The lowest BCUT2D eigenvalue weighted by Gasteiger charge is -2.17. The third-order valence-corrected chi connectivity index (χ3v) is 8.98. The first-order valence-electron chi connectivity index (χ1n) is 16.3. The molecule has 0 spiro atoms. The summed E-state index contributed by atoms with van der Waals surface area (Å²) in [6.45, 7) is 20.8. The molecule has 0 bridgehead atoms. The smallest absolute Gasteiger partial charge is 0.0572 e. The van der Waals surface area contributed by atoms with Gasteiger partial charge in [-0.2, -0.15) is 0 Å². The van der Waals surface area contributed by atoms with Crippen LogP contribution in [0.15, 0.2) is 164 Å². The predicted octanol–water partition coefficient (Wildman–Crippen LogP) is 12.2. The van der Waals surface area contributed by atoms with Crippen molar-refractivity contribution in [2.75, 3.05) is 0 Å². The number of nitrogens with zero attached hydrogens (tertiary/aromatic N) is 1. The van der Waals surface area contributed by atoms with Crippen molar-refractivity contribution in [3.8, 4) is 28.1 Å². The molecule has 0 atom stereocenters. The Morgan fingerprint density at radius 2 is 1.33 bits per heavy atom. The number of rotatable bonds is 11. The summed E-state index contributed by atoms with van der Waals surface area (Å²) in [6, 6.07) is 36.1. The number of hydrogen-bond acceptors (Lipinski definition) is 1. The van der Waals surface area contributed by atoms with E-state index < -0.39 is 0 Å². The average molecular weight is 625 g/mol. The van der Waals surface area contributed by atoms with Crippen LogP contribution in [0.3, 0.4) is 0 Å². The number of para-hydroxylation sites is 1. The van der Waals surface area contributed by atoms with Crippen molar-refractivity contribution in [3.63, 3.8) is 0 Å². The standard InChI is InChI=1S/C46H44N2/c1-8-35(9-2)32(5)22-29-44(47)41-27-28-43(37(11-4)30-41)46-34(7)33(6)45(48(46)42-20-16-13-17-21-42)31-36(10-3)39-23-25-40(26-24-39)38-18-14-12-15-19-38/h8-31H,1,3-4,47H2,2,5-7H3/b32-22+,35-9+,36-31+,44-29-. The van der Waals surface area contributed by atoms with Gasteiger partial charge in [0.15, 0.2) is 0 Å². The molecule has 0 amide bonds. The van der Waals surface area contributed by atoms with E-state index in [-0.39, 0.29) is 0 Å². The molecule has 0 aliphatic carbocycles. The van der Waals surface area contributed by atoms with E-state index in [1.807, 2.05) is 49.4 Å². The van der Waals surface area contributed by atoms with Crippen LogP contribution in [0, 0.1) is 13.8 Å². The molecule has 2 N–H and O–H groups in total. The van der Waals surface area contributed by atoms with Gasteiger partial charge >= 0.3 is 0 Å². The van der Waals surface area contributed by atoms with Crippen LogP contribution in [0.4, 0.5) is 0 Å². The summed E-state index contributed by atoms with van der Waals surface area (Å²) in [7, 11) is 0. The summed E-state index contributed by atoms with van der Waals surface area (Å²) >= 11 is 0. The maximum absolute atomic E-state index is 6.60. The summed E-state index contributed by atoms with van der Waals surface area (Å²) in [5.74, 6) is 0. The minimum absolute atomic E-state index is 0.687.